The van der Waals surface area contributed by atoms with Gasteiger partial charge >= 0.3 is 0 Å². The molecule has 0 radical (unpaired) electrons. The van der Waals surface area contributed by atoms with Crippen molar-refractivity contribution in [2.45, 2.75) is 39.2 Å². The third-order valence-electron chi connectivity index (χ3n) is 3.48. The number of nitrogens with zero attached hydrogens (tertiary/aromatic N) is 1. The third kappa shape index (κ3) is 3.30. The van der Waals surface area contributed by atoms with Gasteiger partial charge in [0.05, 0.1) is 5.52 Å². The zero-order chi connectivity index (χ0) is 13.0. The number of para-hydroxylation sites is 1. The Morgan fingerprint density at radius 3 is 2.67 bits per heavy atom. The summed E-state index contributed by atoms with van der Waals surface area (Å²) < 4.78 is 0. The van der Waals surface area contributed by atoms with Gasteiger partial charge in [-0.25, -0.2) is 0 Å². The van der Waals surface area contributed by atoms with E-state index in [1.54, 1.807) is 0 Å². The topological polar surface area (TPSA) is 38.9 Å². The molecule has 1 heterocycles. The second kappa shape index (κ2) is 5.96. The Hall–Kier alpha value is -1.41. The van der Waals surface area contributed by atoms with Crippen LogP contribution in [0.1, 0.15) is 32.4 Å². The molecule has 0 fully saturated rings. The summed E-state index contributed by atoms with van der Waals surface area (Å²) in [4.78, 5) is 4.68. The number of pyridine rings is 1. The minimum atomic E-state index is 0.311. The molecule has 0 saturated heterocycles. The molecule has 18 heavy (non-hydrogen) atoms. The minimum absolute atomic E-state index is 0.311. The lowest BCUT2D eigenvalue weighted by Crippen LogP contribution is -2.26. The van der Waals surface area contributed by atoms with Crippen molar-refractivity contribution in [3.8, 4) is 0 Å². The molecule has 0 saturated carbocycles. The highest BCUT2D eigenvalue weighted by atomic mass is 14.7. The molecule has 2 heteroatoms. The Morgan fingerprint density at radius 1 is 1.11 bits per heavy atom. The van der Waals surface area contributed by atoms with Crippen LogP contribution in [-0.4, -0.2) is 11.0 Å². The van der Waals surface area contributed by atoms with Crippen molar-refractivity contribution in [2.24, 2.45) is 11.7 Å². The van der Waals surface area contributed by atoms with Crippen molar-refractivity contribution in [1.29, 1.82) is 0 Å². The molecule has 2 aromatic rings. The molecule has 2 nitrogen and oxygen atoms in total. The molecule has 0 aliphatic rings. The Labute approximate surface area is 109 Å². The van der Waals surface area contributed by atoms with Gasteiger partial charge in [-0.2, -0.15) is 0 Å². The van der Waals surface area contributed by atoms with Crippen molar-refractivity contribution in [1.82, 2.24) is 4.98 Å². The van der Waals surface area contributed by atoms with Crippen LogP contribution in [0.2, 0.25) is 0 Å². The second-order valence-corrected chi connectivity index (χ2v) is 5.30. The number of aryl methyl sites for hydroxylation is 1. The lowest BCUT2D eigenvalue weighted by Gasteiger charge is -2.14. The van der Waals surface area contributed by atoms with Crippen molar-refractivity contribution >= 4 is 10.9 Å². The van der Waals surface area contributed by atoms with Crippen LogP contribution in [-0.2, 0) is 6.42 Å². The smallest absolute Gasteiger partial charge is 0.0705 e. The maximum Gasteiger partial charge on any atom is 0.0705 e. The van der Waals surface area contributed by atoms with Gasteiger partial charge in [-0.15, -0.1) is 0 Å². The van der Waals surface area contributed by atoms with Crippen molar-refractivity contribution in [3.05, 3.63) is 42.1 Å². The third-order valence-corrected chi connectivity index (χ3v) is 3.48. The fourth-order valence-corrected chi connectivity index (χ4v) is 2.10. The highest BCUT2D eigenvalue weighted by molar-refractivity contribution is 5.78. The van der Waals surface area contributed by atoms with Gasteiger partial charge in [0.15, 0.2) is 0 Å². The lowest BCUT2D eigenvalue weighted by molar-refractivity contribution is 0.451. The van der Waals surface area contributed by atoms with E-state index in [-0.39, 0.29) is 0 Å². The van der Waals surface area contributed by atoms with Gasteiger partial charge in [0.2, 0.25) is 0 Å². The van der Waals surface area contributed by atoms with E-state index in [4.69, 9.17) is 5.73 Å². The Balaban J connectivity index is 1.96. The average Bonchev–Trinajstić information content (AvgIpc) is 2.38. The van der Waals surface area contributed by atoms with E-state index in [0.717, 1.165) is 24.8 Å². The summed E-state index contributed by atoms with van der Waals surface area (Å²) in [7, 11) is 0. The van der Waals surface area contributed by atoms with Gasteiger partial charge in [0.1, 0.15) is 0 Å². The number of benzene rings is 1. The summed E-state index contributed by atoms with van der Waals surface area (Å²) >= 11 is 0. The highest BCUT2D eigenvalue weighted by Gasteiger charge is 2.07. The first-order valence-corrected chi connectivity index (χ1v) is 6.77. The molecule has 1 unspecified atom stereocenters. The number of aromatic nitrogens is 1. The van der Waals surface area contributed by atoms with Gasteiger partial charge < -0.3 is 5.73 Å². The summed E-state index contributed by atoms with van der Waals surface area (Å²) in [6.07, 6.45) is 3.21. The maximum atomic E-state index is 6.05. The largest absolute Gasteiger partial charge is 0.327 e. The second-order valence-electron chi connectivity index (χ2n) is 5.30. The molecule has 0 aliphatic heterocycles. The van der Waals surface area contributed by atoms with Crippen LogP contribution in [0.25, 0.3) is 10.9 Å². The molecule has 2 rings (SSSR count). The normalized spacial score (nSPS) is 13.1. The summed E-state index contributed by atoms with van der Waals surface area (Å²) in [6.45, 7) is 4.36. The van der Waals surface area contributed by atoms with Crippen molar-refractivity contribution < 1.29 is 0 Å². The standard InChI is InChI=1S/C16H22N2/c1-12(2)15(17)8-5-7-14-11-10-13-6-3-4-9-16(13)18-14/h3-4,6,9-12,15H,5,7-8,17H2,1-2H3. The van der Waals surface area contributed by atoms with Gasteiger partial charge in [-0.3, -0.25) is 4.98 Å². The molecule has 1 aromatic carbocycles. The van der Waals surface area contributed by atoms with Crippen LogP contribution >= 0.6 is 0 Å². The van der Waals surface area contributed by atoms with Crippen LogP contribution in [0.4, 0.5) is 0 Å². The number of nitrogens with two attached hydrogens (primary N) is 1. The fourth-order valence-electron chi connectivity index (χ4n) is 2.10. The first kappa shape index (κ1) is 13.0. The van der Waals surface area contributed by atoms with E-state index in [1.807, 2.05) is 12.1 Å². The van der Waals surface area contributed by atoms with Crippen LogP contribution < -0.4 is 5.73 Å². The summed E-state index contributed by atoms with van der Waals surface area (Å²) in [5.74, 6) is 0.564. The fraction of sp³-hybridized carbons (Fsp3) is 0.438. The molecular formula is C16H22N2. The average molecular weight is 242 g/mol. The van der Waals surface area contributed by atoms with Crippen LogP contribution in [0.5, 0.6) is 0 Å². The molecule has 1 aromatic heterocycles. The zero-order valence-corrected chi connectivity index (χ0v) is 11.3. The molecule has 1 atom stereocenters. The summed E-state index contributed by atoms with van der Waals surface area (Å²) in [5, 5.41) is 1.21. The molecule has 96 valence electrons. The van der Waals surface area contributed by atoms with E-state index in [9.17, 15) is 0 Å². The summed E-state index contributed by atoms with van der Waals surface area (Å²) in [6, 6.07) is 12.8. The lowest BCUT2D eigenvalue weighted by atomic mass is 9.99. The zero-order valence-electron chi connectivity index (χ0n) is 11.3. The van der Waals surface area contributed by atoms with Crippen molar-refractivity contribution in [3.63, 3.8) is 0 Å². The predicted octanol–water partition coefficient (Wildman–Crippen LogP) is 3.54. The predicted molar refractivity (Wildman–Crippen MR) is 77.5 cm³/mol. The number of rotatable bonds is 5. The molecule has 0 spiro atoms. The van der Waals surface area contributed by atoms with E-state index < -0.39 is 0 Å². The number of hydrogen-bond acceptors (Lipinski definition) is 2. The van der Waals surface area contributed by atoms with Gasteiger partial charge in [0.25, 0.3) is 0 Å². The van der Waals surface area contributed by atoms with Crippen molar-refractivity contribution in [2.75, 3.05) is 0 Å². The first-order chi connectivity index (χ1) is 8.66. The monoisotopic (exact) mass is 242 g/mol. The molecule has 0 bridgehead atoms. The van der Waals surface area contributed by atoms with Gasteiger partial charge in [0, 0.05) is 17.1 Å². The SMILES string of the molecule is CC(C)C(N)CCCc1ccc2ccccc2n1. The van der Waals surface area contributed by atoms with E-state index in [1.165, 1.54) is 11.1 Å². The molecular weight excluding hydrogens is 220 g/mol. The van der Waals surface area contributed by atoms with Crippen LogP contribution in [0.3, 0.4) is 0 Å². The Kier molecular flexibility index (Phi) is 4.32. The molecule has 2 N–H and O–H groups in total. The highest BCUT2D eigenvalue weighted by Crippen LogP contribution is 2.14. The maximum absolute atomic E-state index is 6.05. The van der Waals surface area contributed by atoms with Crippen LogP contribution in [0.15, 0.2) is 36.4 Å². The molecule has 0 amide bonds. The quantitative estimate of drug-likeness (QED) is 0.871. The van der Waals surface area contributed by atoms with Gasteiger partial charge in [-0.1, -0.05) is 38.1 Å². The summed E-state index contributed by atoms with van der Waals surface area (Å²) in [5.41, 5.74) is 8.31. The Morgan fingerprint density at radius 2 is 1.89 bits per heavy atom. The van der Waals surface area contributed by atoms with Crippen LogP contribution in [0, 0.1) is 5.92 Å². The number of fused-ring (bicyclic) bond motifs is 1. The molecule has 0 aliphatic carbocycles. The minimum Gasteiger partial charge on any atom is -0.327 e. The Bertz CT molecular complexity index is 505. The van der Waals surface area contributed by atoms with E-state index in [2.05, 4.69) is 43.1 Å². The number of hydrogen-bond donors (Lipinski definition) is 1. The van der Waals surface area contributed by atoms with E-state index >= 15 is 0 Å². The van der Waals surface area contributed by atoms with Gasteiger partial charge in [-0.05, 0) is 37.3 Å². The van der Waals surface area contributed by atoms with E-state index in [0.29, 0.717) is 12.0 Å². The first-order valence-electron chi connectivity index (χ1n) is 6.77.